The highest BCUT2D eigenvalue weighted by molar-refractivity contribution is 5.86. The van der Waals surface area contributed by atoms with Crippen LogP contribution in [0.25, 0.3) is 11.1 Å². The predicted molar refractivity (Wildman–Crippen MR) is 212 cm³/mol. The van der Waals surface area contributed by atoms with E-state index >= 15 is 0 Å². The molecule has 1 aliphatic carbocycles. The van der Waals surface area contributed by atoms with Crippen molar-refractivity contribution >= 4 is 5.97 Å². The molecule has 4 aromatic rings. The van der Waals surface area contributed by atoms with E-state index in [1.165, 1.54) is 53.5 Å². The number of unbranched alkanes of at least 4 members (excludes halogenated alkanes) is 4. The molecule has 0 saturated carbocycles. The minimum absolute atomic E-state index is 0.134. The number of benzene rings is 4. The number of rotatable bonds is 21. The number of carbonyl (C=O) groups is 1. The quantitative estimate of drug-likeness (QED) is 0.0562. The zero-order chi connectivity index (χ0) is 37.0. The lowest BCUT2D eigenvalue weighted by Crippen LogP contribution is -2.30. The van der Waals surface area contributed by atoms with Gasteiger partial charge in [0.25, 0.3) is 0 Å². The molecule has 0 saturated heterocycles. The third kappa shape index (κ3) is 8.92. The first kappa shape index (κ1) is 39.1. The molecule has 52 heavy (non-hydrogen) atoms. The highest BCUT2D eigenvalue weighted by Crippen LogP contribution is 2.56. The van der Waals surface area contributed by atoms with Gasteiger partial charge in [-0.1, -0.05) is 132 Å². The molecule has 0 heterocycles. The van der Waals surface area contributed by atoms with Crippen molar-refractivity contribution in [2.45, 2.75) is 110 Å². The maximum atomic E-state index is 12.9. The Labute approximate surface area is 313 Å². The number of ether oxygens (including phenoxy) is 4. The van der Waals surface area contributed by atoms with Gasteiger partial charge in [0.05, 0.1) is 23.0 Å². The van der Waals surface area contributed by atoms with Crippen LogP contribution in [0.5, 0.6) is 11.5 Å². The van der Waals surface area contributed by atoms with E-state index in [0.29, 0.717) is 19.8 Å². The summed E-state index contributed by atoms with van der Waals surface area (Å²) in [7, 11) is 0. The third-order valence-electron chi connectivity index (χ3n) is 10.9. The Morgan fingerprint density at radius 3 is 1.62 bits per heavy atom. The first-order valence-electron chi connectivity index (χ1n) is 19.7. The van der Waals surface area contributed by atoms with E-state index in [1.807, 2.05) is 19.1 Å². The van der Waals surface area contributed by atoms with Crippen LogP contribution in [0.15, 0.2) is 97.1 Å². The van der Waals surface area contributed by atoms with E-state index in [-0.39, 0.29) is 18.2 Å². The van der Waals surface area contributed by atoms with Gasteiger partial charge >= 0.3 is 5.97 Å². The van der Waals surface area contributed by atoms with E-state index in [4.69, 9.17) is 18.9 Å². The van der Waals surface area contributed by atoms with Gasteiger partial charge in [0, 0.05) is 0 Å². The minimum atomic E-state index is -0.520. The fourth-order valence-electron chi connectivity index (χ4n) is 7.61. The molecule has 0 aliphatic heterocycles. The topological polar surface area (TPSA) is 54.0 Å². The summed E-state index contributed by atoms with van der Waals surface area (Å²) in [5.41, 5.74) is 6.21. The second kappa shape index (κ2) is 18.1. The molecule has 4 aromatic carbocycles. The van der Waals surface area contributed by atoms with Gasteiger partial charge in [-0.3, -0.25) is 4.79 Å². The summed E-state index contributed by atoms with van der Waals surface area (Å²) in [6.45, 7) is 14.4. The summed E-state index contributed by atoms with van der Waals surface area (Å²) in [6.07, 6.45) is 9.74. The van der Waals surface area contributed by atoms with Crippen molar-refractivity contribution in [3.8, 4) is 22.6 Å². The van der Waals surface area contributed by atoms with E-state index in [9.17, 15) is 4.79 Å². The van der Waals surface area contributed by atoms with Crippen molar-refractivity contribution in [2.75, 3.05) is 26.4 Å². The molecule has 0 spiro atoms. The summed E-state index contributed by atoms with van der Waals surface area (Å²) in [5, 5.41) is 0. The molecule has 0 N–H and O–H groups in total. The van der Waals surface area contributed by atoms with Crippen LogP contribution < -0.4 is 9.47 Å². The van der Waals surface area contributed by atoms with Crippen LogP contribution in [0.1, 0.15) is 122 Å². The van der Waals surface area contributed by atoms with E-state index < -0.39 is 10.8 Å². The molecule has 1 unspecified atom stereocenters. The normalized spacial score (nSPS) is 14.3. The van der Waals surface area contributed by atoms with Gasteiger partial charge in [-0.25, -0.2) is 0 Å². The Balaban J connectivity index is 1.31. The van der Waals surface area contributed by atoms with Crippen LogP contribution in [-0.2, 0) is 19.7 Å². The Bertz CT molecular complexity index is 1660. The van der Waals surface area contributed by atoms with Crippen LogP contribution in [0, 0.1) is 5.41 Å². The number of esters is 1. The lowest BCUT2D eigenvalue weighted by molar-refractivity contribution is -0.156. The molecule has 0 bridgehead atoms. The van der Waals surface area contributed by atoms with Gasteiger partial charge in [0.15, 0.2) is 0 Å². The minimum Gasteiger partial charge on any atom is -0.491 e. The van der Waals surface area contributed by atoms with E-state index in [1.54, 1.807) is 0 Å². The molecular formula is C47H60O5. The second-order valence-corrected chi connectivity index (χ2v) is 15.2. The Kier molecular flexibility index (Phi) is 13.6. The van der Waals surface area contributed by atoms with Crippen molar-refractivity contribution in [2.24, 2.45) is 5.41 Å². The van der Waals surface area contributed by atoms with Gasteiger partial charge in [-0.2, -0.15) is 0 Å². The number of hydrogen-bond acceptors (Lipinski definition) is 5. The van der Waals surface area contributed by atoms with Crippen molar-refractivity contribution in [1.82, 2.24) is 0 Å². The van der Waals surface area contributed by atoms with Crippen LogP contribution in [0.2, 0.25) is 0 Å². The summed E-state index contributed by atoms with van der Waals surface area (Å²) < 4.78 is 24.2. The fraction of sp³-hybridized carbons (Fsp3) is 0.468. The average molecular weight is 705 g/mol. The average Bonchev–Trinajstić information content (AvgIpc) is 3.47. The standard InChI is InChI=1S/C47H60O5/c1-7-10-12-17-30-45(4,5)52-35-34-50-39-28-24-37(25-29-39)47(42-20-15-13-18-40(42)41-19-14-16-21-43(41)47)36-22-26-38(27-23-36)49-32-33-51-44(48)46(6,9-3)31-11-8-2/h13-16,18-29H,7-12,17,30-35H2,1-6H3. The first-order chi connectivity index (χ1) is 25.2. The Morgan fingerprint density at radius 2 is 1.10 bits per heavy atom. The smallest absolute Gasteiger partial charge is 0.311 e. The molecule has 278 valence electrons. The van der Waals surface area contributed by atoms with Crippen LogP contribution in [0.4, 0.5) is 0 Å². The lowest BCUT2D eigenvalue weighted by atomic mass is 9.68. The number of hydrogen-bond donors (Lipinski definition) is 0. The molecule has 5 heteroatoms. The number of carbonyl (C=O) groups excluding carboxylic acids is 1. The highest BCUT2D eigenvalue weighted by Gasteiger charge is 2.45. The molecule has 1 atom stereocenters. The van der Waals surface area contributed by atoms with Crippen LogP contribution >= 0.6 is 0 Å². The maximum absolute atomic E-state index is 12.9. The van der Waals surface area contributed by atoms with Gasteiger partial charge in [0.1, 0.15) is 31.3 Å². The van der Waals surface area contributed by atoms with Crippen LogP contribution in [-0.4, -0.2) is 38.0 Å². The molecule has 0 radical (unpaired) electrons. The first-order valence-corrected chi connectivity index (χ1v) is 19.7. The molecule has 5 rings (SSSR count). The Morgan fingerprint density at radius 1 is 0.577 bits per heavy atom. The SMILES string of the molecule is CCCCCCC(C)(C)OCCOc1ccc(C2(c3ccc(OCCOC(=O)C(C)(CC)CCCC)cc3)c3ccccc3-c3ccccc32)cc1. The molecule has 5 nitrogen and oxygen atoms in total. The molecular weight excluding hydrogens is 645 g/mol. The molecule has 0 amide bonds. The van der Waals surface area contributed by atoms with E-state index in [2.05, 4.69) is 120 Å². The third-order valence-corrected chi connectivity index (χ3v) is 10.9. The Hall–Kier alpha value is -4.09. The predicted octanol–water partition coefficient (Wildman–Crippen LogP) is 11.7. The maximum Gasteiger partial charge on any atom is 0.311 e. The molecule has 1 aliphatic rings. The van der Waals surface area contributed by atoms with Gasteiger partial charge in [0.2, 0.25) is 0 Å². The number of fused-ring (bicyclic) bond motifs is 3. The van der Waals surface area contributed by atoms with Crippen molar-refractivity contribution in [1.29, 1.82) is 0 Å². The monoisotopic (exact) mass is 704 g/mol. The van der Waals surface area contributed by atoms with Crippen molar-refractivity contribution in [3.05, 3.63) is 119 Å². The highest BCUT2D eigenvalue weighted by atomic mass is 16.6. The van der Waals surface area contributed by atoms with Crippen molar-refractivity contribution in [3.63, 3.8) is 0 Å². The molecule has 0 aromatic heterocycles. The van der Waals surface area contributed by atoms with Crippen molar-refractivity contribution < 1.29 is 23.7 Å². The largest absolute Gasteiger partial charge is 0.491 e. The summed E-state index contributed by atoms with van der Waals surface area (Å²) in [4.78, 5) is 12.9. The fourth-order valence-corrected chi connectivity index (χ4v) is 7.61. The summed E-state index contributed by atoms with van der Waals surface area (Å²) in [5.74, 6) is 1.44. The van der Waals surface area contributed by atoms with Crippen LogP contribution in [0.3, 0.4) is 0 Å². The zero-order valence-electron chi connectivity index (χ0n) is 32.5. The van der Waals surface area contributed by atoms with Gasteiger partial charge < -0.3 is 18.9 Å². The summed E-state index contributed by atoms with van der Waals surface area (Å²) >= 11 is 0. The summed E-state index contributed by atoms with van der Waals surface area (Å²) in [6, 6.07) is 34.4. The zero-order valence-corrected chi connectivity index (χ0v) is 32.5. The van der Waals surface area contributed by atoms with E-state index in [0.717, 1.165) is 49.2 Å². The van der Waals surface area contributed by atoms with Gasteiger partial charge in [-0.05, 0) is 97.7 Å². The second-order valence-electron chi connectivity index (χ2n) is 15.2. The molecule has 0 fully saturated rings. The lowest BCUT2D eigenvalue weighted by Gasteiger charge is -2.34. The van der Waals surface area contributed by atoms with Gasteiger partial charge in [-0.15, -0.1) is 0 Å².